The number of aliphatic carboxylic acids is 2. The molecular weight excluding hydrogens is 512 g/mol. The van der Waals surface area contributed by atoms with Gasteiger partial charge in [0.2, 0.25) is 11.6 Å². The zero-order valence-electron chi connectivity index (χ0n) is 21.1. The van der Waals surface area contributed by atoms with E-state index in [-0.39, 0.29) is 6.09 Å². The fraction of sp³-hybridized carbons (Fsp3) is 0.370. The zero-order valence-corrected chi connectivity index (χ0v) is 21.1. The van der Waals surface area contributed by atoms with Gasteiger partial charge in [-0.25, -0.2) is 14.4 Å². The van der Waals surface area contributed by atoms with E-state index in [1.165, 1.54) is 42.8 Å². The number of likely N-dealkylation sites (tertiary alicyclic amines) is 1. The third-order valence-electron chi connectivity index (χ3n) is 6.76. The molecule has 12 heteroatoms. The molecule has 0 spiro atoms. The lowest BCUT2D eigenvalue weighted by Gasteiger charge is -2.34. The maximum Gasteiger partial charge on any atom is 0.409 e. The highest BCUT2D eigenvalue weighted by Gasteiger charge is 2.69. The number of Topliss-reactive ketones (excluding diaryl/α,β-unsaturated/α-hetero) is 2. The predicted molar refractivity (Wildman–Crippen MR) is 135 cm³/mol. The van der Waals surface area contributed by atoms with E-state index in [2.05, 4.69) is 5.32 Å². The number of amides is 1. The second-order valence-corrected chi connectivity index (χ2v) is 9.13. The highest BCUT2D eigenvalue weighted by atomic mass is 16.6. The van der Waals surface area contributed by atoms with Gasteiger partial charge < -0.3 is 35.4 Å². The smallest absolute Gasteiger partial charge is 0.409 e. The summed E-state index contributed by atoms with van der Waals surface area (Å²) in [5.74, 6) is -7.37. The number of carbonyl (C=O) groups excluding carboxylic acids is 3. The molecule has 2 saturated heterocycles. The van der Waals surface area contributed by atoms with Gasteiger partial charge in [0.25, 0.3) is 11.2 Å². The van der Waals surface area contributed by atoms with Crippen LogP contribution >= 0.6 is 0 Å². The zero-order chi connectivity index (χ0) is 28.8. The normalized spacial score (nSPS) is 20.8. The van der Waals surface area contributed by atoms with Crippen LogP contribution in [0.2, 0.25) is 0 Å². The number of carboxylic acids is 2. The van der Waals surface area contributed by atoms with Gasteiger partial charge in [-0.2, -0.15) is 0 Å². The van der Waals surface area contributed by atoms with Crippen molar-refractivity contribution in [3.63, 3.8) is 0 Å². The van der Waals surface area contributed by atoms with Crippen molar-refractivity contribution in [2.24, 2.45) is 5.92 Å². The Kier molecular flexibility index (Phi) is 9.17. The Morgan fingerprint density at radius 3 is 1.69 bits per heavy atom. The van der Waals surface area contributed by atoms with Gasteiger partial charge >= 0.3 is 18.0 Å². The summed E-state index contributed by atoms with van der Waals surface area (Å²) < 4.78 is 4.95. The summed E-state index contributed by atoms with van der Waals surface area (Å²) in [6, 6.07) is 13.3. The number of hydrogen-bond donors (Lipinski definition) is 5. The molecule has 4 rings (SSSR count). The van der Waals surface area contributed by atoms with E-state index in [4.69, 9.17) is 4.74 Å². The standard InChI is InChI=1S/C18H14O8.C9H16N2O2/c19-13(11-7-3-1-4-8-11)17(25,15(21)22)18(26,16(23)24)14(20)12-9-5-2-6-10-12;1-2-13-9(12)11-5-7-3-4-10-8(7)6-11/h1-10,25-26H,(H,21,22)(H,23,24);7-8,10H,2-6H2,1H3/t17-,18-;7-,8+/m11/s1. The Balaban J connectivity index is 0.000000268. The number of benzene rings is 2. The molecule has 2 aliphatic rings. The number of carboxylic acid groups (broad SMARTS) is 2. The summed E-state index contributed by atoms with van der Waals surface area (Å²) in [4.78, 5) is 61.7. The summed E-state index contributed by atoms with van der Waals surface area (Å²) in [6.07, 6.45) is 1.04. The number of ketones is 2. The number of ether oxygens (including phenoxy) is 1. The SMILES string of the molecule is CCOC(=O)N1C[C@H]2CCN[C@H]2C1.O=C(O)[C@](O)(C(=O)c1ccccc1)[C@](O)(C(=O)O)C(=O)c1ccccc1. The number of carbonyl (C=O) groups is 5. The molecule has 39 heavy (non-hydrogen) atoms. The van der Waals surface area contributed by atoms with Crippen LogP contribution in [0, 0.1) is 5.92 Å². The van der Waals surface area contributed by atoms with Crippen LogP contribution in [-0.4, -0.2) is 98.4 Å². The van der Waals surface area contributed by atoms with Crippen LogP contribution in [0.1, 0.15) is 34.1 Å². The van der Waals surface area contributed by atoms with E-state index >= 15 is 0 Å². The van der Waals surface area contributed by atoms with Crippen molar-refractivity contribution in [1.29, 1.82) is 0 Å². The molecule has 4 atom stereocenters. The molecule has 2 aromatic carbocycles. The molecule has 208 valence electrons. The van der Waals surface area contributed by atoms with Crippen molar-refractivity contribution in [3.05, 3.63) is 71.8 Å². The van der Waals surface area contributed by atoms with Gasteiger partial charge in [0.1, 0.15) is 0 Å². The summed E-state index contributed by atoms with van der Waals surface area (Å²) in [7, 11) is 0. The van der Waals surface area contributed by atoms with Crippen LogP contribution in [0.4, 0.5) is 4.79 Å². The van der Waals surface area contributed by atoms with Gasteiger partial charge in [-0.3, -0.25) is 9.59 Å². The molecule has 12 nitrogen and oxygen atoms in total. The van der Waals surface area contributed by atoms with Gasteiger partial charge in [0.15, 0.2) is 0 Å². The third-order valence-corrected chi connectivity index (χ3v) is 6.76. The third kappa shape index (κ3) is 5.67. The van der Waals surface area contributed by atoms with E-state index in [0.29, 0.717) is 18.6 Å². The quantitative estimate of drug-likeness (QED) is 0.234. The molecule has 2 aromatic rings. The molecule has 2 heterocycles. The molecule has 2 aliphatic heterocycles. The molecular formula is C27H30N2O10. The van der Waals surface area contributed by atoms with Crippen LogP contribution in [0.3, 0.4) is 0 Å². The van der Waals surface area contributed by atoms with Gasteiger partial charge in [-0.1, -0.05) is 60.7 Å². The molecule has 5 N–H and O–H groups in total. The number of fused-ring (bicyclic) bond motifs is 1. The fourth-order valence-electron chi connectivity index (χ4n) is 4.64. The van der Waals surface area contributed by atoms with E-state index in [1.807, 2.05) is 11.8 Å². The summed E-state index contributed by atoms with van der Waals surface area (Å²) in [6.45, 7) is 5.11. The van der Waals surface area contributed by atoms with Crippen LogP contribution in [-0.2, 0) is 14.3 Å². The highest BCUT2D eigenvalue weighted by Crippen LogP contribution is 2.31. The second-order valence-electron chi connectivity index (χ2n) is 9.13. The average Bonchev–Trinajstić information content (AvgIpc) is 3.55. The fourth-order valence-corrected chi connectivity index (χ4v) is 4.64. The Hall–Kier alpha value is -4.13. The van der Waals surface area contributed by atoms with E-state index < -0.39 is 45.8 Å². The first-order chi connectivity index (χ1) is 18.5. The number of nitrogens with zero attached hydrogens (tertiary/aromatic N) is 1. The first kappa shape index (κ1) is 29.4. The number of hydrogen-bond acceptors (Lipinski definition) is 9. The molecule has 0 unspecified atom stereocenters. The Morgan fingerprint density at radius 2 is 1.31 bits per heavy atom. The van der Waals surface area contributed by atoms with Crippen LogP contribution in [0.15, 0.2) is 60.7 Å². The first-order valence-electron chi connectivity index (χ1n) is 12.2. The Labute approximate surface area is 223 Å². The van der Waals surface area contributed by atoms with E-state index in [9.17, 15) is 44.4 Å². The van der Waals surface area contributed by atoms with Gasteiger partial charge in [-0.15, -0.1) is 0 Å². The average molecular weight is 543 g/mol. The van der Waals surface area contributed by atoms with Gasteiger partial charge in [0.05, 0.1) is 6.61 Å². The van der Waals surface area contributed by atoms with Gasteiger partial charge in [0, 0.05) is 30.3 Å². The molecule has 2 fully saturated rings. The van der Waals surface area contributed by atoms with Crippen molar-refractivity contribution < 1.29 is 49.1 Å². The van der Waals surface area contributed by atoms with Crippen LogP contribution in [0.25, 0.3) is 0 Å². The Morgan fingerprint density at radius 1 is 0.846 bits per heavy atom. The van der Waals surface area contributed by atoms with E-state index in [1.54, 1.807) is 0 Å². The molecule has 0 aromatic heterocycles. The van der Waals surface area contributed by atoms with Crippen LogP contribution < -0.4 is 5.32 Å². The molecule has 1 amide bonds. The van der Waals surface area contributed by atoms with Gasteiger partial charge in [-0.05, 0) is 25.8 Å². The number of aliphatic hydroxyl groups is 2. The monoisotopic (exact) mass is 542 g/mol. The summed E-state index contributed by atoms with van der Waals surface area (Å²) in [5.41, 5.74) is -8.68. The Bertz CT molecular complexity index is 1140. The first-order valence-corrected chi connectivity index (χ1v) is 12.2. The molecule has 0 aliphatic carbocycles. The lowest BCUT2D eigenvalue weighted by Crippen LogP contribution is -2.71. The summed E-state index contributed by atoms with van der Waals surface area (Å²) in [5, 5.41) is 43.3. The van der Waals surface area contributed by atoms with Crippen molar-refractivity contribution in [2.45, 2.75) is 30.6 Å². The highest BCUT2D eigenvalue weighted by molar-refractivity contribution is 6.28. The topological polar surface area (TPSA) is 191 Å². The summed E-state index contributed by atoms with van der Waals surface area (Å²) >= 11 is 0. The van der Waals surface area contributed by atoms with E-state index in [0.717, 1.165) is 43.9 Å². The van der Waals surface area contributed by atoms with Crippen molar-refractivity contribution >= 4 is 29.6 Å². The predicted octanol–water partition coefficient (Wildman–Crippen LogP) is 0.820. The maximum atomic E-state index is 12.6. The van der Waals surface area contributed by atoms with Crippen molar-refractivity contribution in [1.82, 2.24) is 10.2 Å². The maximum absolute atomic E-state index is 12.6. The minimum atomic E-state index is -3.95. The minimum Gasteiger partial charge on any atom is -0.479 e. The lowest BCUT2D eigenvalue weighted by atomic mass is 9.73. The molecule has 0 saturated carbocycles. The van der Waals surface area contributed by atoms with Crippen molar-refractivity contribution in [2.75, 3.05) is 26.2 Å². The molecule has 0 bridgehead atoms. The second kappa shape index (κ2) is 12.2. The minimum absolute atomic E-state index is 0.154. The van der Waals surface area contributed by atoms with Crippen LogP contribution in [0.5, 0.6) is 0 Å². The van der Waals surface area contributed by atoms with Crippen molar-refractivity contribution in [3.8, 4) is 0 Å². The number of rotatable bonds is 8. The largest absolute Gasteiger partial charge is 0.479 e. The number of nitrogens with one attached hydrogen (secondary N) is 1. The molecule has 0 radical (unpaired) electrons. The lowest BCUT2D eigenvalue weighted by molar-refractivity contribution is -0.187.